The molecule has 0 heterocycles. The molecule has 0 atom stereocenters. The van der Waals surface area contributed by atoms with Crippen LogP contribution in [0.2, 0.25) is 0 Å². The first kappa shape index (κ1) is 9.27. The van der Waals surface area contributed by atoms with Crippen molar-refractivity contribution in [3.05, 3.63) is 35.4 Å². The van der Waals surface area contributed by atoms with Crippen molar-refractivity contribution in [3.63, 3.8) is 0 Å². The topological polar surface area (TPSA) is 66.9 Å². The van der Waals surface area contributed by atoms with Crippen molar-refractivity contribution >= 4 is 5.91 Å². The molecule has 0 aliphatic carbocycles. The highest BCUT2D eigenvalue weighted by molar-refractivity contribution is 5.92. The Morgan fingerprint density at radius 1 is 1.38 bits per heavy atom. The minimum Gasteiger partial charge on any atom is -0.366 e. The fourth-order valence-electron chi connectivity index (χ4n) is 1.04. The molecule has 0 aliphatic heterocycles. The zero-order valence-corrected chi connectivity index (χ0v) is 7.16. The molecule has 1 aromatic rings. The molecule has 0 fully saturated rings. The first-order chi connectivity index (χ1) is 6.24. The predicted molar refractivity (Wildman–Crippen MR) is 48.9 cm³/mol. The molecule has 0 saturated heterocycles. The number of benzene rings is 1. The number of amides is 1. The molecule has 3 nitrogen and oxygen atoms in total. The SMILES string of the molecule is N#CCCc1ccc(C(N)=O)cc1. The van der Waals surface area contributed by atoms with Gasteiger partial charge in [-0.05, 0) is 24.1 Å². The van der Waals surface area contributed by atoms with E-state index < -0.39 is 5.91 Å². The van der Waals surface area contributed by atoms with Gasteiger partial charge in [0.1, 0.15) is 0 Å². The lowest BCUT2D eigenvalue weighted by Gasteiger charge is -1.98. The van der Waals surface area contributed by atoms with E-state index in [2.05, 4.69) is 6.07 Å². The molecule has 0 bridgehead atoms. The molecule has 0 saturated carbocycles. The fourth-order valence-corrected chi connectivity index (χ4v) is 1.04. The van der Waals surface area contributed by atoms with Crippen LogP contribution in [0.1, 0.15) is 22.3 Å². The van der Waals surface area contributed by atoms with Crippen molar-refractivity contribution in [3.8, 4) is 6.07 Å². The monoisotopic (exact) mass is 174 g/mol. The molecule has 0 aromatic heterocycles. The molecule has 1 aromatic carbocycles. The van der Waals surface area contributed by atoms with Crippen molar-refractivity contribution in [2.75, 3.05) is 0 Å². The van der Waals surface area contributed by atoms with Crippen molar-refractivity contribution in [2.45, 2.75) is 12.8 Å². The minimum absolute atomic E-state index is 0.424. The van der Waals surface area contributed by atoms with E-state index >= 15 is 0 Å². The summed E-state index contributed by atoms with van der Waals surface area (Å²) >= 11 is 0. The van der Waals surface area contributed by atoms with E-state index in [4.69, 9.17) is 11.0 Å². The number of nitrogens with zero attached hydrogens (tertiary/aromatic N) is 1. The summed E-state index contributed by atoms with van der Waals surface area (Å²) < 4.78 is 0. The number of nitriles is 1. The van der Waals surface area contributed by atoms with Crippen LogP contribution in [0.5, 0.6) is 0 Å². The largest absolute Gasteiger partial charge is 0.366 e. The quantitative estimate of drug-likeness (QED) is 0.749. The lowest BCUT2D eigenvalue weighted by molar-refractivity contribution is 0.100. The maximum atomic E-state index is 10.7. The third-order valence-corrected chi connectivity index (χ3v) is 1.76. The van der Waals surface area contributed by atoms with E-state index in [1.807, 2.05) is 12.1 Å². The van der Waals surface area contributed by atoms with Gasteiger partial charge in [0.15, 0.2) is 0 Å². The lowest BCUT2D eigenvalue weighted by atomic mass is 10.1. The van der Waals surface area contributed by atoms with Crippen molar-refractivity contribution in [1.82, 2.24) is 0 Å². The van der Waals surface area contributed by atoms with Gasteiger partial charge in [-0.25, -0.2) is 0 Å². The van der Waals surface area contributed by atoms with E-state index in [9.17, 15) is 4.79 Å². The normalized spacial score (nSPS) is 9.15. The molecule has 0 unspecified atom stereocenters. The average molecular weight is 174 g/mol. The number of primary amides is 1. The first-order valence-corrected chi connectivity index (χ1v) is 3.99. The van der Waals surface area contributed by atoms with Crippen LogP contribution in [0.15, 0.2) is 24.3 Å². The summed E-state index contributed by atoms with van der Waals surface area (Å²) in [6.45, 7) is 0. The smallest absolute Gasteiger partial charge is 0.248 e. The molecule has 1 amide bonds. The number of hydrogen-bond acceptors (Lipinski definition) is 2. The van der Waals surface area contributed by atoms with Crippen LogP contribution in [0.4, 0.5) is 0 Å². The number of carbonyl (C=O) groups excluding carboxylic acids is 1. The molecular weight excluding hydrogens is 164 g/mol. The van der Waals surface area contributed by atoms with E-state index in [0.29, 0.717) is 12.0 Å². The zero-order chi connectivity index (χ0) is 9.68. The van der Waals surface area contributed by atoms with Crippen molar-refractivity contribution < 1.29 is 4.79 Å². The van der Waals surface area contributed by atoms with Crippen LogP contribution in [-0.4, -0.2) is 5.91 Å². The Labute approximate surface area is 76.8 Å². The predicted octanol–water partition coefficient (Wildman–Crippen LogP) is 1.24. The van der Waals surface area contributed by atoms with Crippen LogP contribution in [-0.2, 0) is 6.42 Å². The van der Waals surface area contributed by atoms with E-state index in [-0.39, 0.29) is 0 Å². The Kier molecular flexibility index (Phi) is 3.04. The highest BCUT2D eigenvalue weighted by atomic mass is 16.1. The molecule has 66 valence electrons. The van der Waals surface area contributed by atoms with Crippen LogP contribution < -0.4 is 5.73 Å². The van der Waals surface area contributed by atoms with Gasteiger partial charge < -0.3 is 5.73 Å². The summed E-state index contributed by atoms with van der Waals surface area (Å²) in [7, 11) is 0. The first-order valence-electron chi connectivity index (χ1n) is 3.99. The van der Waals surface area contributed by atoms with E-state index in [1.54, 1.807) is 12.1 Å². The summed E-state index contributed by atoms with van der Waals surface area (Å²) in [5.41, 5.74) is 6.62. The van der Waals surface area contributed by atoms with Gasteiger partial charge in [0.25, 0.3) is 0 Å². The highest BCUT2D eigenvalue weighted by Gasteiger charge is 1.98. The summed E-state index contributed by atoms with van der Waals surface area (Å²) in [5, 5.41) is 8.35. The lowest BCUT2D eigenvalue weighted by Crippen LogP contribution is -2.10. The summed E-state index contributed by atoms with van der Waals surface area (Å²) in [5.74, 6) is -0.424. The maximum Gasteiger partial charge on any atom is 0.248 e. The van der Waals surface area contributed by atoms with Crippen LogP contribution >= 0.6 is 0 Å². The third-order valence-electron chi connectivity index (χ3n) is 1.76. The maximum absolute atomic E-state index is 10.7. The molecule has 0 radical (unpaired) electrons. The standard InChI is InChI=1S/C10H10N2O/c11-7-1-2-8-3-5-9(6-4-8)10(12)13/h3-6H,1-2H2,(H2,12,13). The van der Waals surface area contributed by atoms with Gasteiger partial charge in [-0.2, -0.15) is 5.26 Å². The molecular formula is C10H10N2O. The Morgan fingerprint density at radius 3 is 2.46 bits per heavy atom. The molecule has 3 heteroatoms. The summed E-state index contributed by atoms with van der Waals surface area (Å²) in [6.07, 6.45) is 1.21. The number of rotatable bonds is 3. The second-order valence-corrected chi connectivity index (χ2v) is 2.72. The van der Waals surface area contributed by atoms with Crippen LogP contribution in [0.3, 0.4) is 0 Å². The van der Waals surface area contributed by atoms with Crippen LogP contribution in [0.25, 0.3) is 0 Å². The number of aryl methyl sites for hydroxylation is 1. The molecule has 13 heavy (non-hydrogen) atoms. The van der Waals surface area contributed by atoms with Gasteiger partial charge in [-0.1, -0.05) is 12.1 Å². The fraction of sp³-hybridized carbons (Fsp3) is 0.200. The molecule has 0 spiro atoms. The van der Waals surface area contributed by atoms with Gasteiger partial charge in [0, 0.05) is 12.0 Å². The summed E-state index contributed by atoms with van der Waals surface area (Å²) in [4.78, 5) is 10.7. The van der Waals surface area contributed by atoms with Gasteiger partial charge in [0.05, 0.1) is 6.07 Å². The zero-order valence-electron chi connectivity index (χ0n) is 7.16. The number of nitrogens with two attached hydrogens (primary N) is 1. The van der Waals surface area contributed by atoms with Gasteiger partial charge in [-0.15, -0.1) is 0 Å². The van der Waals surface area contributed by atoms with Gasteiger partial charge in [0.2, 0.25) is 5.91 Å². The minimum atomic E-state index is -0.424. The Bertz CT molecular complexity index is 335. The highest BCUT2D eigenvalue weighted by Crippen LogP contribution is 2.05. The number of carbonyl (C=O) groups is 1. The Balaban J connectivity index is 2.71. The van der Waals surface area contributed by atoms with Gasteiger partial charge in [-0.3, -0.25) is 4.79 Å². The third kappa shape index (κ3) is 2.60. The second kappa shape index (κ2) is 4.27. The van der Waals surface area contributed by atoms with Crippen molar-refractivity contribution in [2.24, 2.45) is 5.73 Å². The molecule has 2 N–H and O–H groups in total. The molecule has 1 rings (SSSR count). The van der Waals surface area contributed by atoms with Crippen molar-refractivity contribution in [1.29, 1.82) is 5.26 Å². The average Bonchev–Trinajstić information content (AvgIpc) is 2.15. The van der Waals surface area contributed by atoms with Gasteiger partial charge >= 0.3 is 0 Å². The van der Waals surface area contributed by atoms with E-state index in [1.165, 1.54) is 0 Å². The van der Waals surface area contributed by atoms with E-state index in [0.717, 1.165) is 12.0 Å². The number of hydrogen-bond donors (Lipinski definition) is 1. The molecule has 0 aliphatic rings. The van der Waals surface area contributed by atoms with Crippen LogP contribution in [0, 0.1) is 11.3 Å². The Morgan fingerprint density at radius 2 is 2.00 bits per heavy atom. The second-order valence-electron chi connectivity index (χ2n) is 2.72. The summed E-state index contributed by atoms with van der Waals surface area (Å²) in [6, 6.07) is 9.05. The Hall–Kier alpha value is -1.82.